The number of Topliss-reactive ketones (excluding diaryl/α,β-unsaturated/α-hetero) is 1. The Hall–Kier alpha value is -2.45. The number of thioether (sulfide) groups is 1. The molecule has 4 aromatic heterocycles. The molecule has 0 unspecified atom stereocenters. The molecule has 8 heteroatoms. The summed E-state index contributed by atoms with van der Waals surface area (Å²) in [6, 6.07) is 8.12. The summed E-state index contributed by atoms with van der Waals surface area (Å²) in [5, 5.41) is 7.11. The van der Waals surface area contributed by atoms with Crippen molar-refractivity contribution in [2.75, 3.05) is 5.75 Å². The smallest absolute Gasteiger partial charge is 0.253 e. The maximum Gasteiger partial charge on any atom is 0.253 e. The van der Waals surface area contributed by atoms with Crippen LogP contribution in [0.4, 0.5) is 0 Å². The number of rotatable bonds is 6. The Morgan fingerprint density at radius 1 is 1.14 bits per heavy atom. The largest absolute Gasteiger partial charge is 0.343 e. The molecule has 0 atom stereocenters. The zero-order valence-corrected chi connectivity index (χ0v) is 17.9. The summed E-state index contributed by atoms with van der Waals surface area (Å²) < 4.78 is 3.91. The zero-order valence-electron chi connectivity index (χ0n) is 16.3. The third-order valence-corrected chi connectivity index (χ3v) is 6.40. The number of nitrogens with zero attached hydrogens (tertiary/aromatic N) is 5. The number of aromatic nitrogens is 5. The van der Waals surface area contributed by atoms with Crippen molar-refractivity contribution in [1.29, 1.82) is 0 Å². The number of carbonyl (C=O) groups is 1. The summed E-state index contributed by atoms with van der Waals surface area (Å²) in [6.07, 6.45) is 0. The fourth-order valence-corrected chi connectivity index (χ4v) is 4.70. The lowest BCUT2D eigenvalue weighted by atomic mass is 10.2. The predicted molar refractivity (Wildman–Crippen MR) is 113 cm³/mol. The number of carbonyl (C=O) groups excluding carboxylic acids is 1. The summed E-state index contributed by atoms with van der Waals surface area (Å²) in [7, 11) is 0. The van der Waals surface area contributed by atoms with E-state index < -0.39 is 0 Å². The van der Waals surface area contributed by atoms with Gasteiger partial charge in [0, 0.05) is 33.2 Å². The van der Waals surface area contributed by atoms with Gasteiger partial charge in [0.2, 0.25) is 5.16 Å². The van der Waals surface area contributed by atoms with Crippen LogP contribution in [-0.2, 0) is 6.54 Å². The van der Waals surface area contributed by atoms with Gasteiger partial charge in [-0.2, -0.15) is 4.98 Å². The molecule has 0 saturated carbocycles. The van der Waals surface area contributed by atoms with Gasteiger partial charge < -0.3 is 4.57 Å². The van der Waals surface area contributed by atoms with Crippen LogP contribution in [0, 0.1) is 27.7 Å². The van der Waals surface area contributed by atoms with Crippen LogP contribution in [0.2, 0.25) is 0 Å². The average molecular weight is 412 g/mol. The van der Waals surface area contributed by atoms with E-state index >= 15 is 0 Å². The van der Waals surface area contributed by atoms with Crippen molar-refractivity contribution in [3.63, 3.8) is 0 Å². The van der Waals surface area contributed by atoms with Gasteiger partial charge in [0.15, 0.2) is 5.78 Å². The van der Waals surface area contributed by atoms with E-state index in [1.807, 2.05) is 39.8 Å². The van der Waals surface area contributed by atoms with Gasteiger partial charge in [-0.1, -0.05) is 17.8 Å². The normalized spacial score (nSPS) is 11.4. The Bertz CT molecular complexity index is 1160. The van der Waals surface area contributed by atoms with Crippen LogP contribution >= 0.6 is 23.1 Å². The van der Waals surface area contributed by atoms with E-state index in [2.05, 4.69) is 37.1 Å². The lowest BCUT2D eigenvalue weighted by Crippen LogP contribution is -2.07. The molecule has 144 valence electrons. The van der Waals surface area contributed by atoms with E-state index in [9.17, 15) is 4.79 Å². The zero-order chi connectivity index (χ0) is 19.8. The maximum absolute atomic E-state index is 12.8. The second kappa shape index (κ2) is 7.52. The topological polar surface area (TPSA) is 65.1 Å². The number of aryl methyl sites for hydroxylation is 3. The molecule has 4 aromatic rings. The Kier molecular flexibility index (Phi) is 5.07. The fourth-order valence-electron chi connectivity index (χ4n) is 3.30. The molecule has 0 aliphatic carbocycles. The molecule has 0 aromatic carbocycles. The minimum Gasteiger partial charge on any atom is -0.343 e. The van der Waals surface area contributed by atoms with Gasteiger partial charge in [-0.15, -0.1) is 16.4 Å². The number of hydrogen-bond donors (Lipinski definition) is 0. The molecule has 28 heavy (non-hydrogen) atoms. The van der Waals surface area contributed by atoms with Crippen molar-refractivity contribution in [1.82, 2.24) is 24.1 Å². The molecule has 0 bridgehead atoms. The molecule has 6 nitrogen and oxygen atoms in total. The van der Waals surface area contributed by atoms with E-state index in [-0.39, 0.29) is 5.78 Å². The molecule has 4 rings (SSSR count). The van der Waals surface area contributed by atoms with Crippen molar-refractivity contribution >= 4 is 34.7 Å². The van der Waals surface area contributed by atoms with Crippen LogP contribution in [0.25, 0.3) is 5.78 Å². The number of fused-ring (bicyclic) bond motifs is 1. The van der Waals surface area contributed by atoms with E-state index in [1.54, 1.807) is 15.9 Å². The van der Waals surface area contributed by atoms with Crippen LogP contribution in [0.1, 0.15) is 38.0 Å². The molecule has 4 heterocycles. The van der Waals surface area contributed by atoms with Crippen LogP contribution in [0.3, 0.4) is 0 Å². The van der Waals surface area contributed by atoms with Crippen LogP contribution in [0.15, 0.2) is 34.8 Å². The van der Waals surface area contributed by atoms with Crippen molar-refractivity contribution in [2.45, 2.75) is 39.4 Å². The van der Waals surface area contributed by atoms with Crippen molar-refractivity contribution in [3.8, 4) is 0 Å². The second-order valence-corrected chi connectivity index (χ2v) is 8.78. The highest BCUT2D eigenvalue weighted by Crippen LogP contribution is 2.22. The van der Waals surface area contributed by atoms with Crippen molar-refractivity contribution < 1.29 is 4.79 Å². The first-order valence-electron chi connectivity index (χ1n) is 8.98. The van der Waals surface area contributed by atoms with Crippen LogP contribution in [0.5, 0.6) is 0 Å². The van der Waals surface area contributed by atoms with Crippen molar-refractivity contribution in [3.05, 3.63) is 62.9 Å². The van der Waals surface area contributed by atoms with Crippen LogP contribution in [-0.4, -0.2) is 35.7 Å². The lowest BCUT2D eigenvalue weighted by molar-refractivity contribution is 0.102. The first-order valence-corrected chi connectivity index (χ1v) is 10.8. The molecule has 0 fully saturated rings. The second-order valence-electron chi connectivity index (χ2n) is 6.81. The fraction of sp³-hybridized carbons (Fsp3) is 0.300. The number of hydrogen-bond acceptors (Lipinski definition) is 6. The Morgan fingerprint density at radius 2 is 1.96 bits per heavy atom. The minimum absolute atomic E-state index is 0.0928. The molecule has 0 N–H and O–H groups in total. The monoisotopic (exact) mass is 411 g/mol. The quantitative estimate of drug-likeness (QED) is 0.351. The third kappa shape index (κ3) is 3.62. The van der Waals surface area contributed by atoms with Crippen molar-refractivity contribution in [2.24, 2.45) is 0 Å². The van der Waals surface area contributed by atoms with Gasteiger partial charge in [-0.25, -0.2) is 9.50 Å². The SMILES string of the molecule is Cc1cc(C)n2nc(SCC(=O)c3cc(C)n(Cc4cccs4)c3C)nc2n1. The molecule has 0 aliphatic rings. The standard InChI is InChI=1S/C20H21N5OS2/c1-12-8-14(3)25-19(21-12)22-20(23-25)28-11-18(26)17-9-13(2)24(15(17)4)10-16-6-5-7-27-16/h5-9H,10-11H2,1-4H3. The van der Waals surface area contributed by atoms with Gasteiger partial charge in [0.1, 0.15) is 0 Å². The molecular formula is C20H21N5OS2. The summed E-state index contributed by atoms with van der Waals surface area (Å²) in [5.74, 6) is 0.968. The summed E-state index contributed by atoms with van der Waals surface area (Å²) in [4.78, 5) is 23.0. The molecule has 0 radical (unpaired) electrons. The Balaban J connectivity index is 1.50. The predicted octanol–water partition coefficient (Wildman–Crippen LogP) is 4.24. The molecular weight excluding hydrogens is 390 g/mol. The first-order chi connectivity index (χ1) is 13.4. The maximum atomic E-state index is 12.8. The van der Waals surface area contributed by atoms with Gasteiger partial charge >= 0.3 is 0 Å². The number of ketones is 1. The molecule has 0 spiro atoms. The minimum atomic E-state index is 0.0928. The van der Waals surface area contributed by atoms with Gasteiger partial charge in [0.05, 0.1) is 12.3 Å². The molecule has 0 amide bonds. The van der Waals surface area contributed by atoms with Crippen LogP contribution < -0.4 is 0 Å². The summed E-state index contributed by atoms with van der Waals surface area (Å²) in [6.45, 7) is 8.76. The Morgan fingerprint density at radius 3 is 2.71 bits per heavy atom. The molecule has 0 aliphatic heterocycles. The highest BCUT2D eigenvalue weighted by molar-refractivity contribution is 7.99. The van der Waals surface area contributed by atoms with E-state index in [0.717, 1.165) is 34.9 Å². The lowest BCUT2D eigenvalue weighted by Gasteiger charge is -2.08. The van der Waals surface area contributed by atoms with E-state index in [1.165, 1.54) is 16.6 Å². The molecule has 0 saturated heterocycles. The van der Waals surface area contributed by atoms with E-state index in [0.29, 0.717) is 16.7 Å². The van der Waals surface area contributed by atoms with Gasteiger partial charge in [0.25, 0.3) is 5.78 Å². The van der Waals surface area contributed by atoms with Gasteiger partial charge in [-0.3, -0.25) is 4.79 Å². The highest BCUT2D eigenvalue weighted by Gasteiger charge is 2.18. The first kappa shape index (κ1) is 18.9. The van der Waals surface area contributed by atoms with E-state index in [4.69, 9.17) is 0 Å². The third-order valence-electron chi connectivity index (χ3n) is 4.70. The highest BCUT2D eigenvalue weighted by atomic mass is 32.2. The average Bonchev–Trinajstić information content (AvgIpc) is 3.36. The summed E-state index contributed by atoms with van der Waals surface area (Å²) >= 11 is 3.08. The number of thiophene rings is 1. The Labute approximate surface area is 171 Å². The van der Waals surface area contributed by atoms with Gasteiger partial charge in [-0.05, 0) is 51.3 Å². The summed E-state index contributed by atoms with van der Waals surface area (Å²) in [5.41, 5.74) is 4.76.